The third-order valence-corrected chi connectivity index (χ3v) is 4.73. The van der Waals surface area contributed by atoms with Crippen LogP contribution in [0, 0.1) is 0 Å². The molecule has 2 aromatic carbocycles. The molecule has 0 saturated heterocycles. The van der Waals surface area contributed by atoms with Gasteiger partial charge in [-0.1, -0.05) is 63.3 Å². The highest BCUT2D eigenvalue weighted by Gasteiger charge is 2.03. The second kappa shape index (κ2) is 9.81. The van der Waals surface area contributed by atoms with Crippen LogP contribution in [-0.2, 0) is 6.42 Å². The molecule has 0 spiro atoms. The molecule has 0 aliphatic carbocycles. The molecule has 0 radical (unpaired) electrons. The van der Waals surface area contributed by atoms with Gasteiger partial charge in [0.25, 0.3) is 0 Å². The maximum absolute atomic E-state index is 10.2. The van der Waals surface area contributed by atoms with Crippen molar-refractivity contribution in [2.24, 2.45) is 10.2 Å². The molecule has 4 nitrogen and oxygen atoms in total. The molecule has 3 aromatic rings. The Morgan fingerprint density at radius 3 is 2.41 bits per heavy atom. The van der Waals surface area contributed by atoms with Gasteiger partial charge in [0, 0.05) is 6.20 Å². The lowest BCUT2D eigenvalue weighted by atomic mass is 10.1. The zero-order valence-electron chi connectivity index (χ0n) is 15.9. The molecule has 0 atom stereocenters. The van der Waals surface area contributed by atoms with Crippen LogP contribution in [0.15, 0.2) is 65.0 Å². The molecule has 0 unspecified atom stereocenters. The Balaban J connectivity index is 1.63. The van der Waals surface area contributed by atoms with Crippen molar-refractivity contribution in [3.05, 3.63) is 60.3 Å². The Morgan fingerprint density at radius 1 is 0.852 bits per heavy atom. The Hall–Kier alpha value is -2.75. The van der Waals surface area contributed by atoms with Gasteiger partial charge in [-0.05, 0) is 53.4 Å². The summed E-state index contributed by atoms with van der Waals surface area (Å²) in [5.74, 6) is 0.701. The SMILES string of the molecule is CCCCCCCCc1ccnc(N=Nc2cc3ccccc3cc2O)c1. The van der Waals surface area contributed by atoms with Crippen LogP contribution in [0.1, 0.15) is 51.0 Å². The van der Waals surface area contributed by atoms with Gasteiger partial charge >= 0.3 is 0 Å². The first-order chi connectivity index (χ1) is 13.3. The molecule has 0 fully saturated rings. The molecule has 0 aliphatic heterocycles. The number of aryl methyl sites for hydroxylation is 1. The lowest BCUT2D eigenvalue weighted by molar-refractivity contribution is 0.477. The second-order valence-electron chi connectivity index (χ2n) is 6.93. The van der Waals surface area contributed by atoms with E-state index in [9.17, 15) is 5.11 Å². The van der Waals surface area contributed by atoms with Gasteiger partial charge < -0.3 is 5.11 Å². The summed E-state index contributed by atoms with van der Waals surface area (Å²) in [6, 6.07) is 15.4. The third-order valence-electron chi connectivity index (χ3n) is 4.73. The minimum Gasteiger partial charge on any atom is -0.506 e. The summed E-state index contributed by atoms with van der Waals surface area (Å²) in [4.78, 5) is 4.27. The fourth-order valence-electron chi connectivity index (χ4n) is 3.18. The van der Waals surface area contributed by atoms with Gasteiger partial charge in [0.15, 0.2) is 5.82 Å². The number of hydrogen-bond acceptors (Lipinski definition) is 4. The van der Waals surface area contributed by atoms with Gasteiger partial charge in [0.2, 0.25) is 0 Å². The van der Waals surface area contributed by atoms with Crippen molar-refractivity contribution in [1.82, 2.24) is 4.98 Å². The van der Waals surface area contributed by atoms with Gasteiger partial charge in [-0.2, -0.15) is 0 Å². The average Bonchev–Trinajstić information content (AvgIpc) is 2.69. The summed E-state index contributed by atoms with van der Waals surface area (Å²) in [6.07, 6.45) is 10.5. The second-order valence-corrected chi connectivity index (χ2v) is 6.93. The number of phenols is 1. The molecule has 140 valence electrons. The number of pyridine rings is 1. The standard InChI is InChI=1S/C23H27N3O/c1-2-3-4-5-6-7-10-18-13-14-24-23(15-18)26-25-21-16-19-11-8-9-12-20(19)17-22(21)27/h8-9,11-17,27H,2-7,10H2,1H3. The van der Waals surface area contributed by atoms with Crippen molar-refractivity contribution in [2.45, 2.75) is 51.9 Å². The number of azo groups is 1. The topological polar surface area (TPSA) is 57.8 Å². The molecule has 0 amide bonds. The van der Waals surface area contributed by atoms with E-state index < -0.39 is 0 Å². The number of aromatic nitrogens is 1. The molecular formula is C23H27N3O. The smallest absolute Gasteiger partial charge is 0.174 e. The lowest BCUT2D eigenvalue weighted by Gasteiger charge is -2.03. The number of hydrogen-bond donors (Lipinski definition) is 1. The van der Waals surface area contributed by atoms with Crippen LogP contribution in [0.4, 0.5) is 11.5 Å². The summed E-state index contributed by atoms with van der Waals surface area (Å²) >= 11 is 0. The van der Waals surface area contributed by atoms with Gasteiger partial charge in [-0.3, -0.25) is 0 Å². The van der Waals surface area contributed by atoms with Crippen molar-refractivity contribution >= 4 is 22.3 Å². The largest absolute Gasteiger partial charge is 0.506 e. The molecule has 1 N–H and O–H groups in total. The van der Waals surface area contributed by atoms with E-state index in [-0.39, 0.29) is 5.75 Å². The minimum absolute atomic E-state index is 0.126. The molecule has 1 heterocycles. The lowest BCUT2D eigenvalue weighted by Crippen LogP contribution is -1.87. The number of aromatic hydroxyl groups is 1. The van der Waals surface area contributed by atoms with Gasteiger partial charge in [-0.25, -0.2) is 4.98 Å². The van der Waals surface area contributed by atoms with E-state index in [1.165, 1.54) is 44.1 Å². The van der Waals surface area contributed by atoms with Crippen molar-refractivity contribution in [3.8, 4) is 5.75 Å². The highest BCUT2D eigenvalue weighted by atomic mass is 16.3. The van der Waals surface area contributed by atoms with Crippen molar-refractivity contribution < 1.29 is 5.11 Å². The number of fused-ring (bicyclic) bond motifs is 1. The summed E-state index contributed by atoms with van der Waals surface area (Å²) in [5.41, 5.74) is 1.69. The van der Waals surface area contributed by atoms with E-state index in [1.54, 1.807) is 12.3 Å². The molecule has 27 heavy (non-hydrogen) atoms. The zero-order valence-corrected chi connectivity index (χ0v) is 15.9. The molecule has 0 aliphatic rings. The number of rotatable bonds is 9. The highest BCUT2D eigenvalue weighted by Crippen LogP contribution is 2.32. The number of nitrogens with zero attached hydrogens (tertiary/aromatic N) is 3. The van der Waals surface area contributed by atoms with E-state index in [0.717, 1.165) is 17.2 Å². The van der Waals surface area contributed by atoms with E-state index in [4.69, 9.17) is 0 Å². The van der Waals surface area contributed by atoms with E-state index in [1.807, 2.05) is 42.5 Å². The van der Waals surface area contributed by atoms with Gasteiger partial charge in [-0.15, -0.1) is 10.2 Å². The maximum atomic E-state index is 10.2. The summed E-state index contributed by atoms with van der Waals surface area (Å²) in [6.45, 7) is 2.24. The van der Waals surface area contributed by atoms with Gasteiger partial charge in [0.05, 0.1) is 0 Å². The third kappa shape index (κ3) is 5.61. The Bertz CT molecular complexity index is 905. The number of unbranched alkanes of at least 4 members (excludes halogenated alkanes) is 5. The maximum Gasteiger partial charge on any atom is 0.174 e. The Labute approximate surface area is 161 Å². The van der Waals surface area contributed by atoms with Crippen LogP contribution < -0.4 is 0 Å². The van der Waals surface area contributed by atoms with Crippen LogP contribution in [0.5, 0.6) is 5.75 Å². The van der Waals surface area contributed by atoms with E-state index >= 15 is 0 Å². The predicted octanol–water partition coefficient (Wildman–Crippen LogP) is 7.26. The number of phenolic OH excluding ortho intramolecular Hbond substituents is 1. The van der Waals surface area contributed by atoms with Crippen LogP contribution >= 0.6 is 0 Å². The first-order valence-corrected chi connectivity index (χ1v) is 9.84. The molecule has 3 rings (SSSR count). The summed E-state index contributed by atoms with van der Waals surface area (Å²) in [7, 11) is 0. The quantitative estimate of drug-likeness (QED) is 0.322. The average molecular weight is 361 g/mol. The van der Waals surface area contributed by atoms with E-state index in [2.05, 4.69) is 22.1 Å². The predicted molar refractivity (Wildman–Crippen MR) is 111 cm³/mol. The molecule has 0 saturated carbocycles. The number of benzene rings is 2. The fourth-order valence-corrected chi connectivity index (χ4v) is 3.18. The highest BCUT2D eigenvalue weighted by molar-refractivity contribution is 5.87. The first kappa shape index (κ1) is 19.0. The molecule has 4 heteroatoms. The Morgan fingerprint density at radius 2 is 1.59 bits per heavy atom. The normalized spacial score (nSPS) is 11.4. The van der Waals surface area contributed by atoms with Crippen molar-refractivity contribution in [1.29, 1.82) is 0 Å². The fraction of sp³-hybridized carbons (Fsp3) is 0.348. The van der Waals surface area contributed by atoms with Crippen LogP contribution in [-0.4, -0.2) is 10.1 Å². The monoisotopic (exact) mass is 361 g/mol. The molecule has 0 bridgehead atoms. The van der Waals surface area contributed by atoms with Crippen LogP contribution in [0.3, 0.4) is 0 Å². The van der Waals surface area contributed by atoms with Crippen LogP contribution in [0.25, 0.3) is 10.8 Å². The Kier molecular flexibility index (Phi) is 6.91. The van der Waals surface area contributed by atoms with Crippen molar-refractivity contribution in [3.63, 3.8) is 0 Å². The van der Waals surface area contributed by atoms with Crippen molar-refractivity contribution in [2.75, 3.05) is 0 Å². The zero-order chi connectivity index (χ0) is 18.9. The van der Waals surface area contributed by atoms with Crippen LogP contribution in [0.2, 0.25) is 0 Å². The summed E-state index contributed by atoms with van der Waals surface area (Å²) < 4.78 is 0. The minimum atomic E-state index is 0.126. The summed E-state index contributed by atoms with van der Waals surface area (Å²) in [5, 5.41) is 20.6. The van der Waals surface area contributed by atoms with E-state index in [0.29, 0.717) is 11.5 Å². The first-order valence-electron chi connectivity index (χ1n) is 9.84. The molecular weight excluding hydrogens is 334 g/mol. The molecule has 1 aromatic heterocycles. The van der Waals surface area contributed by atoms with Gasteiger partial charge in [0.1, 0.15) is 11.4 Å².